The van der Waals surface area contributed by atoms with E-state index in [9.17, 15) is 25.1 Å². The van der Waals surface area contributed by atoms with Gasteiger partial charge in [0.25, 0.3) is 5.69 Å². The Labute approximate surface area is 184 Å². The van der Waals surface area contributed by atoms with Crippen molar-refractivity contribution in [2.45, 2.75) is 39.2 Å². The molecule has 3 aromatic rings. The summed E-state index contributed by atoms with van der Waals surface area (Å²) < 4.78 is 5.43. The van der Waals surface area contributed by atoms with E-state index in [1.807, 2.05) is 6.92 Å². The van der Waals surface area contributed by atoms with Gasteiger partial charge in [-0.1, -0.05) is 25.2 Å². The lowest BCUT2D eigenvalue weighted by Crippen LogP contribution is -2.30. The summed E-state index contributed by atoms with van der Waals surface area (Å²) in [7, 11) is 0. The highest BCUT2D eigenvalue weighted by Crippen LogP contribution is 2.39. The molecule has 0 spiro atoms. The van der Waals surface area contributed by atoms with E-state index in [0.29, 0.717) is 18.6 Å². The van der Waals surface area contributed by atoms with Crippen LogP contribution in [0.4, 0.5) is 5.69 Å². The Morgan fingerprint density at radius 3 is 2.75 bits per heavy atom. The van der Waals surface area contributed by atoms with Gasteiger partial charge in [0.05, 0.1) is 28.5 Å². The van der Waals surface area contributed by atoms with Crippen LogP contribution in [0.3, 0.4) is 0 Å². The topological polar surface area (TPSA) is 138 Å². The summed E-state index contributed by atoms with van der Waals surface area (Å²) in [6.07, 6.45) is 3.09. The van der Waals surface area contributed by atoms with E-state index in [2.05, 4.69) is 10.3 Å². The fourth-order valence-corrected chi connectivity index (χ4v) is 3.48. The van der Waals surface area contributed by atoms with Crippen molar-refractivity contribution in [1.82, 2.24) is 10.3 Å². The number of non-ortho nitro benzene ring substituents is 1. The number of carbonyl (C=O) groups excluding carboxylic acids is 1. The zero-order valence-electron chi connectivity index (χ0n) is 17.8. The second-order valence-corrected chi connectivity index (χ2v) is 7.23. The Kier molecular flexibility index (Phi) is 7.09. The van der Waals surface area contributed by atoms with E-state index in [4.69, 9.17) is 4.74 Å². The maximum absolute atomic E-state index is 13.3. The minimum atomic E-state index is -0.989. The number of hydrogen-bond donors (Lipinski definition) is 2. The van der Waals surface area contributed by atoms with E-state index in [0.717, 1.165) is 6.42 Å². The molecule has 0 radical (unpaired) electrons. The number of benzene rings is 2. The Morgan fingerprint density at radius 2 is 2.06 bits per heavy atom. The van der Waals surface area contributed by atoms with Crippen molar-refractivity contribution >= 4 is 22.5 Å². The van der Waals surface area contributed by atoms with Crippen LogP contribution in [0.25, 0.3) is 10.9 Å². The van der Waals surface area contributed by atoms with Crippen LogP contribution in [0, 0.1) is 10.1 Å². The van der Waals surface area contributed by atoms with Crippen molar-refractivity contribution in [3.8, 4) is 17.2 Å². The maximum Gasteiger partial charge on any atom is 0.279 e. The lowest BCUT2D eigenvalue weighted by Gasteiger charge is -2.26. The summed E-state index contributed by atoms with van der Waals surface area (Å²) in [6, 6.07) is 7.63. The fourth-order valence-electron chi connectivity index (χ4n) is 3.48. The third-order valence-electron chi connectivity index (χ3n) is 5.04. The molecular formula is C23H24N3O6-. The van der Waals surface area contributed by atoms with Gasteiger partial charge in [0.2, 0.25) is 5.91 Å². The molecule has 1 heterocycles. The molecule has 1 amide bonds. The highest BCUT2D eigenvalue weighted by molar-refractivity contribution is 5.93. The number of nitrogens with zero attached hydrogens (tertiary/aromatic N) is 2. The van der Waals surface area contributed by atoms with Gasteiger partial charge < -0.3 is 20.3 Å². The van der Waals surface area contributed by atoms with Crippen molar-refractivity contribution in [3.05, 3.63) is 63.8 Å². The summed E-state index contributed by atoms with van der Waals surface area (Å²) in [5, 5.41) is 38.0. The molecule has 0 saturated heterocycles. The van der Waals surface area contributed by atoms with Crippen molar-refractivity contribution in [2.24, 2.45) is 0 Å². The number of fused-ring (bicyclic) bond motifs is 1. The van der Waals surface area contributed by atoms with E-state index in [1.165, 1.54) is 42.6 Å². The average molecular weight is 438 g/mol. The van der Waals surface area contributed by atoms with Gasteiger partial charge in [0, 0.05) is 18.7 Å². The molecule has 1 atom stereocenters. The van der Waals surface area contributed by atoms with E-state index in [1.54, 1.807) is 6.92 Å². The molecule has 168 valence electrons. The van der Waals surface area contributed by atoms with Crippen LogP contribution in [-0.2, 0) is 4.79 Å². The van der Waals surface area contributed by atoms with Gasteiger partial charge in [-0.15, -0.1) is 0 Å². The largest absolute Gasteiger partial charge is 0.871 e. The average Bonchev–Trinajstić information content (AvgIpc) is 2.78. The van der Waals surface area contributed by atoms with Gasteiger partial charge >= 0.3 is 0 Å². The zero-order valence-corrected chi connectivity index (χ0v) is 17.8. The first-order valence-electron chi connectivity index (χ1n) is 10.3. The summed E-state index contributed by atoms with van der Waals surface area (Å²) in [6.45, 7) is 4.00. The highest BCUT2D eigenvalue weighted by Gasteiger charge is 2.24. The number of carbonyl (C=O) groups is 1. The van der Waals surface area contributed by atoms with Gasteiger partial charge in [-0.2, -0.15) is 0 Å². The van der Waals surface area contributed by atoms with Crippen LogP contribution in [-0.4, -0.2) is 27.5 Å². The fraction of sp³-hybridized carbons (Fsp3) is 0.304. The second-order valence-electron chi connectivity index (χ2n) is 7.23. The SMILES string of the molecule is CCCCC(=O)N[C@H](c1ccc(O)c(OCC)c1)c1cc([N+](=O)[O-])c2cccnc2c1[O-]. The minimum Gasteiger partial charge on any atom is -0.871 e. The molecule has 2 aromatic carbocycles. The first-order valence-corrected chi connectivity index (χ1v) is 10.3. The monoisotopic (exact) mass is 438 g/mol. The molecule has 9 nitrogen and oxygen atoms in total. The number of aromatic nitrogens is 1. The molecule has 2 N–H and O–H groups in total. The number of rotatable bonds is 9. The number of nitro benzene ring substituents is 1. The quantitative estimate of drug-likeness (QED) is 0.383. The predicted octanol–water partition coefficient (Wildman–Crippen LogP) is 3.72. The highest BCUT2D eigenvalue weighted by atomic mass is 16.6. The van der Waals surface area contributed by atoms with E-state index < -0.39 is 16.7 Å². The number of unbranched alkanes of at least 4 members (excludes halogenated alkanes) is 1. The Balaban J connectivity index is 2.21. The normalized spacial score (nSPS) is 11.8. The minimum absolute atomic E-state index is 0.0147. The first kappa shape index (κ1) is 22.8. The molecule has 0 unspecified atom stereocenters. The van der Waals surface area contributed by atoms with Crippen molar-refractivity contribution in [1.29, 1.82) is 0 Å². The van der Waals surface area contributed by atoms with Crippen LogP contribution in [0.5, 0.6) is 17.2 Å². The number of nitro groups is 1. The molecule has 32 heavy (non-hydrogen) atoms. The van der Waals surface area contributed by atoms with Gasteiger partial charge in [-0.3, -0.25) is 19.9 Å². The molecule has 0 saturated carbocycles. The molecule has 0 aliphatic carbocycles. The van der Waals surface area contributed by atoms with Gasteiger partial charge in [-0.25, -0.2) is 0 Å². The maximum atomic E-state index is 13.3. The lowest BCUT2D eigenvalue weighted by atomic mass is 9.94. The second kappa shape index (κ2) is 9.95. The number of pyridine rings is 1. The van der Waals surface area contributed by atoms with E-state index >= 15 is 0 Å². The van der Waals surface area contributed by atoms with Crippen molar-refractivity contribution < 1.29 is 24.7 Å². The summed E-state index contributed by atoms with van der Waals surface area (Å²) in [5.41, 5.74) is 0.131. The molecule has 0 fully saturated rings. The summed E-state index contributed by atoms with van der Waals surface area (Å²) >= 11 is 0. The predicted molar refractivity (Wildman–Crippen MR) is 117 cm³/mol. The standard InChI is InChI=1S/C23H25N3O6/c1-3-5-8-20(28)25-21(14-9-10-18(27)19(12-14)32-4-2)16-13-17(26(30)31)15-7-6-11-24-22(15)23(16)29/h6-7,9-13,21,27,29H,3-5,8H2,1-2H3,(H,25,28)/p-1/t21-/m1/s1. The van der Waals surface area contributed by atoms with Crippen LogP contribution >= 0.6 is 0 Å². The van der Waals surface area contributed by atoms with Gasteiger partial charge in [0.1, 0.15) is 0 Å². The molecule has 0 aliphatic rings. The molecule has 1 aromatic heterocycles. The third kappa shape index (κ3) is 4.72. The molecule has 3 rings (SSSR count). The van der Waals surface area contributed by atoms with E-state index in [-0.39, 0.29) is 46.0 Å². The van der Waals surface area contributed by atoms with Crippen molar-refractivity contribution in [3.63, 3.8) is 0 Å². The smallest absolute Gasteiger partial charge is 0.279 e. The summed E-state index contributed by atoms with van der Waals surface area (Å²) in [4.78, 5) is 27.8. The van der Waals surface area contributed by atoms with Crippen LogP contribution in [0.2, 0.25) is 0 Å². The van der Waals surface area contributed by atoms with Gasteiger partial charge in [0.15, 0.2) is 11.5 Å². The number of amides is 1. The Morgan fingerprint density at radius 1 is 1.28 bits per heavy atom. The number of ether oxygens (including phenoxy) is 1. The number of phenols is 1. The first-order chi connectivity index (χ1) is 15.4. The number of nitrogens with one attached hydrogen (secondary N) is 1. The molecule has 0 bridgehead atoms. The van der Waals surface area contributed by atoms with Crippen LogP contribution < -0.4 is 15.2 Å². The number of phenolic OH excluding ortho intramolecular Hbond substituents is 1. The molecule has 9 heteroatoms. The Hall–Kier alpha value is -3.88. The number of aromatic hydroxyl groups is 1. The number of hydrogen-bond acceptors (Lipinski definition) is 7. The lowest BCUT2D eigenvalue weighted by molar-refractivity contribution is -0.383. The van der Waals surface area contributed by atoms with Crippen molar-refractivity contribution in [2.75, 3.05) is 6.61 Å². The van der Waals surface area contributed by atoms with Crippen LogP contribution in [0.15, 0.2) is 42.6 Å². The molecule has 0 aliphatic heterocycles. The third-order valence-corrected chi connectivity index (χ3v) is 5.04. The molecular weight excluding hydrogens is 414 g/mol. The summed E-state index contributed by atoms with van der Waals surface area (Å²) in [5.74, 6) is -0.733. The van der Waals surface area contributed by atoms with Crippen LogP contribution in [0.1, 0.15) is 50.3 Å². The zero-order chi connectivity index (χ0) is 23.3. The Bertz CT molecular complexity index is 1150. The van der Waals surface area contributed by atoms with Gasteiger partial charge in [-0.05, 0) is 48.7 Å².